The molecule has 1 unspecified atom stereocenters. The van der Waals surface area contributed by atoms with Gasteiger partial charge in [-0.3, -0.25) is 9.69 Å². The van der Waals surface area contributed by atoms with E-state index in [-0.39, 0.29) is 6.03 Å². The van der Waals surface area contributed by atoms with Crippen LogP contribution in [0.4, 0.5) is 10.5 Å². The number of primary amides is 1. The van der Waals surface area contributed by atoms with Crippen molar-refractivity contribution in [2.45, 2.75) is 12.5 Å². The number of urea groups is 1. The Hall–Kier alpha value is -2.57. The maximum Gasteiger partial charge on any atom is 0.324 e. The van der Waals surface area contributed by atoms with Crippen LogP contribution >= 0.6 is 0 Å². The minimum atomic E-state index is -0.687. The molecule has 0 aromatic heterocycles. The van der Waals surface area contributed by atoms with E-state index in [9.17, 15) is 9.59 Å². The molecule has 1 saturated heterocycles. The molecule has 2 N–H and O–H groups in total. The maximum atomic E-state index is 11.9. The van der Waals surface area contributed by atoms with E-state index in [1.807, 2.05) is 24.3 Å². The van der Waals surface area contributed by atoms with Crippen molar-refractivity contribution in [2.75, 3.05) is 25.0 Å². The number of carbonyl (C=O) groups excluding carboxylic acids is 2. The lowest BCUT2D eigenvalue weighted by atomic mass is 10.0. The van der Waals surface area contributed by atoms with Gasteiger partial charge in [0.25, 0.3) is 5.91 Å². The Kier molecular flexibility index (Phi) is 3.25. The van der Waals surface area contributed by atoms with Crippen molar-refractivity contribution in [1.29, 1.82) is 0 Å². The van der Waals surface area contributed by atoms with Crippen LogP contribution in [0.25, 0.3) is 0 Å². The Bertz CT molecular complexity index is 611. The first-order valence-electron chi connectivity index (χ1n) is 6.71. The predicted molar refractivity (Wildman–Crippen MR) is 77.0 cm³/mol. The summed E-state index contributed by atoms with van der Waals surface area (Å²) in [6.07, 6.45) is -0.312. The second kappa shape index (κ2) is 5.08. The number of carbonyl (C=O) groups is 2. The van der Waals surface area contributed by atoms with E-state index in [4.69, 9.17) is 10.6 Å². The van der Waals surface area contributed by atoms with E-state index < -0.39 is 12.0 Å². The topological polar surface area (TPSA) is 88.2 Å². The lowest BCUT2D eigenvalue weighted by Crippen LogP contribution is -2.29. The highest BCUT2D eigenvalue weighted by Crippen LogP contribution is 2.22. The van der Waals surface area contributed by atoms with Gasteiger partial charge in [-0.2, -0.15) is 0 Å². The zero-order valence-corrected chi connectivity index (χ0v) is 11.7. The molecule has 0 radical (unpaired) electrons. The first kappa shape index (κ1) is 13.4. The van der Waals surface area contributed by atoms with Gasteiger partial charge in [0.05, 0.1) is 5.71 Å². The van der Waals surface area contributed by atoms with Gasteiger partial charge in [-0.15, -0.1) is 0 Å². The molecule has 21 heavy (non-hydrogen) atoms. The summed E-state index contributed by atoms with van der Waals surface area (Å²) >= 11 is 0. The predicted octanol–water partition coefficient (Wildman–Crippen LogP) is 0.537. The third kappa shape index (κ3) is 2.42. The summed E-state index contributed by atoms with van der Waals surface area (Å²) in [6, 6.07) is 7.47. The number of hydrogen-bond donors (Lipinski definition) is 1. The molecule has 110 valence electrons. The molecule has 7 heteroatoms. The zero-order valence-electron chi connectivity index (χ0n) is 11.7. The Labute approximate surface area is 121 Å². The molecule has 3 rings (SSSR count). The SMILES string of the molecule is CN1CCN(c2ccc(C3=NOC(C(N)=O)C3)cc2)C1=O. The third-order valence-corrected chi connectivity index (χ3v) is 3.71. The molecule has 0 spiro atoms. The molecule has 2 heterocycles. The van der Waals surface area contributed by atoms with Gasteiger partial charge in [0.15, 0.2) is 0 Å². The molecule has 1 fully saturated rings. The quantitative estimate of drug-likeness (QED) is 0.880. The Morgan fingerprint density at radius 3 is 2.57 bits per heavy atom. The van der Waals surface area contributed by atoms with Crippen molar-refractivity contribution in [3.8, 4) is 0 Å². The lowest BCUT2D eigenvalue weighted by molar-refractivity contribution is -0.127. The molecule has 1 aromatic rings. The summed E-state index contributed by atoms with van der Waals surface area (Å²) < 4.78 is 0. The van der Waals surface area contributed by atoms with Gasteiger partial charge >= 0.3 is 6.03 Å². The Balaban J connectivity index is 1.74. The number of amides is 3. The second-order valence-corrected chi connectivity index (χ2v) is 5.14. The van der Waals surface area contributed by atoms with Gasteiger partial charge in [0, 0.05) is 32.2 Å². The highest BCUT2D eigenvalue weighted by atomic mass is 16.6. The van der Waals surface area contributed by atoms with Gasteiger partial charge < -0.3 is 15.5 Å². The maximum absolute atomic E-state index is 11.9. The fourth-order valence-electron chi connectivity index (χ4n) is 2.42. The van der Waals surface area contributed by atoms with Gasteiger partial charge in [0.2, 0.25) is 6.10 Å². The van der Waals surface area contributed by atoms with E-state index >= 15 is 0 Å². The van der Waals surface area contributed by atoms with E-state index in [0.29, 0.717) is 18.7 Å². The molecule has 2 aliphatic heterocycles. The number of likely N-dealkylation sites (N-methyl/N-ethyl adjacent to an activating group) is 1. The molecule has 3 amide bonds. The van der Waals surface area contributed by atoms with E-state index in [1.165, 1.54) is 0 Å². The molecular weight excluding hydrogens is 272 g/mol. The van der Waals surface area contributed by atoms with Crippen molar-refractivity contribution in [3.63, 3.8) is 0 Å². The summed E-state index contributed by atoms with van der Waals surface area (Å²) in [6.45, 7) is 1.41. The van der Waals surface area contributed by atoms with Crippen molar-refractivity contribution in [1.82, 2.24) is 4.90 Å². The first-order valence-corrected chi connectivity index (χ1v) is 6.71. The average Bonchev–Trinajstić information content (AvgIpc) is 3.08. The third-order valence-electron chi connectivity index (χ3n) is 3.71. The molecule has 2 aliphatic rings. The molecule has 0 bridgehead atoms. The van der Waals surface area contributed by atoms with Crippen LogP contribution in [0.5, 0.6) is 0 Å². The summed E-state index contributed by atoms with van der Waals surface area (Å²) in [5, 5.41) is 3.89. The average molecular weight is 288 g/mol. The van der Waals surface area contributed by atoms with Gasteiger partial charge in [-0.05, 0) is 17.7 Å². The van der Waals surface area contributed by atoms with Crippen molar-refractivity contribution >= 4 is 23.3 Å². The van der Waals surface area contributed by atoms with E-state index in [2.05, 4.69) is 5.16 Å². The van der Waals surface area contributed by atoms with Gasteiger partial charge in [-0.1, -0.05) is 17.3 Å². The largest absolute Gasteiger partial charge is 0.382 e. The summed E-state index contributed by atoms with van der Waals surface area (Å²) in [5.41, 5.74) is 7.59. The van der Waals surface area contributed by atoms with Gasteiger partial charge in [-0.25, -0.2) is 4.79 Å². The highest BCUT2D eigenvalue weighted by Gasteiger charge is 2.28. The number of nitrogens with two attached hydrogens (primary N) is 1. The van der Waals surface area contributed by atoms with Crippen LogP contribution in [0, 0.1) is 0 Å². The summed E-state index contributed by atoms with van der Waals surface area (Å²) in [4.78, 5) is 31.4. The molecule has 1 aromatic carbocycles. The lowest BCUT2D eigenvalue weighted by Gasteiger charge is -2.16. The monoisotopic (exact) mass is 288 g/mol. The molecule has 1 atom stereocenters. The van der Waals surface area contributed by atoms with Crippen LogP contribution in [0.3, 0.4) is 0 Å². The van der Waals surface area contributed by atoms with E-state index in [1.54, 1.807) is 16.8 Å². The van der Waals surface area contributed by atoms with Crippen LogP contribution in [0.1, 0.15) is 12.0 Å². The van der Waals surface area contributed by atoms with Crippen LogP contribution in [0.2, 0.25) is 0 Å². The van der Waals surface area contributed by atoms with Gasteiger partial charge in [0.1, 0.15) is 0 Å². The number of anilines is 1. The normalized spacial score (nSPS) is 21.5. The van der Waals surface area contributed by atoms with Crippen LogP contribution in [-0.2, 0) is 9.63 Å². The number of rotatable bonds is 3. The standard InChI is InChI=1S/C14H16N4O3/c1-17-6-7-18(14(17)20)10-4-2-9(3-5-10)11-8-12(13(15)19)21-16-11/h2-5,12H,6-8H2,1H3,(H2,15,19). The molecular formula is C14H16N4O3. The van der Waals surface area contributed by atoms with Crippen molar-refractivity contribution in [3.05, 3.63) is 29.8 Å². The Morgan fingerprint density at radius 1 is 1.33 bits per heavy atom. The number of nitrogens with zero attached hydrogens (tertiary/aromatic N) is 3. The minimum absolute atomic E-state index is 0.00178. The van der Waals surface area contributed by atoms with Crippen LogP contribution in [0.15, 0.2) is 29.4 Å². The first-order chi connectivity index (χ1) is 10.1. The summed E-state index contributed by atoms with van der Waals surface area (Å²) in [7, 11) is 1.78. The zero-order chi connectivity index (χ0) is 15.0. The second-order valence-electron chi connectivity index (χ2n) is 5.14. The highest BCUT2D eigenvalue weighted by molar-refractivity contribution is 6.04. The number of hydrogen-bond acceptors (Lipinski definition) is 4. The minimum Gasteiger partial charge on any atom is -0.382 e. The van der Waals surface area contributed by atoms with E-state index in [0.717, 1.165) is 17.8 Å². The fraction of sp³-hybridized carbons (Fsp3) is 0.357. The smallest absolute Gasteiger partial charge is 0.324 e. The molecule has 0 aliphatic carbocycles. The number of oxime groups is 1. The summed E-state index contributed by atoms with van der Waals surface area (Å²) in [5.74, 6) is -0.518. The van der Waals surface area contributed by atoms with Crippen molar-refractivity contribution in [2.24, 2.45) is 10.9 Å². The molecule has 0 saturated carbocycles. The molecule has 7 nitrogen and oxygen atoms in total. The van der Waals surface area contributed by atoms with Crippen LogP contribution in [-0.4, -0.2) is 48.8 Å². The van der Waals surface area contributed by atoms with Crippen molar-refractivity contribution < 1.29 is 14.4 Å². The van der Waals surface area contributed by atoms with Crippen LogP contribution < -0.4 is 10.6 Å². The Morgan fingerprint density at radius 2 is 2.05 bits per heavy atom. The number of benzene rings is 1. The fourth-order valence-corrected chi connectivity index (χ4v) is 2.42.